The molecule has 2 aromatic carbocycles. The number of fused-ring (bicyclic) bond motifs is 1. The molecule has 1 N–H and O–H groups in total. The Labute approximate surface area is 248 Å². The van der Waals surface area contributed by atoms with Gasteiger partial charge in [-0.1, -0.05) is 23.7 Å². The van der Waals surface area contributed by atoms with Gasteiger partial charge in [0.1, 0.15) is 11.6 Å². The molecule has 0 aliphatic carbocycles. The highest BCUT2D eigenvalue weighted by molar-refractivity contribution is 7.93. The number of likely N-dealkylation sites (tertiary alicyclic amines) is 1. The first kappa shape index (κ1) is 28.7. The monoisotopic (exact) mass is 615 g/mol. The van der Waals surface area contributed by atoms with Crippen molar-refractivity contribution in [2.24, 2.45) is 0 Å². The summed E-state index contributed by atoms with van der Waals surface area (Å²) in [6.07, 6.45) is 6.36. The lowest BCUT2D eigenvalue weighted by Gasteiger charge is -2.33. The summed E-state index contributed by atoms with van der Waals surface area (Å²) in [6.45, 7) is 4.01. The number of piperidine rings is 1. The van der Waals surface area contributed by atoms with Crippen LogP contribution in [0.5, 0.6) is 11.5 Å². The molecule has 0 bridgehead atoms. The van der Waals surface area contributed by atoms with Gasteiger partial charge in [-0.3, -0.25) is 4.90 Å². The lowest BCUT2D eigenvalue weighted by molar-refractivity contribution is -0.131. The van der Waals surface area contributed by atoms with Gasteiger partial charge in [0.15, 0.2) is 21.3 Å². The summed E-state index contributed by atoms with van der Waals surface area (Å²) in [5, 5.41) is 8.90. The quantitative estimate of drug-likeness (QED) is 0.353. The fourth-order valence-corrected chi connectivity index (χ4v) is 7.47. The molecule has 0 spiro atoms. The smallest absolute Gasteiger partial charge is 0.328 e. The third-order valence-electron chi connectivity index (χ3n) is 8.41. The van der Waals surface area contributed by atoms with Crippen molar-refractivity contribution in [3.63, 3.8) is 0 Å². The minimum absolute atomic E-state index is 0.182. The van der Waals surface area contributed by atoms with Crippen LogP contribution in [0.2, 0.25) is 5.02 Å². The Morgan fingerprint density at radius 2 is 2.00 bits per heavy atom. The number of aromatic nitrogens is 2. The van der Waals surface area contributed by atoms with Crippen LogP contribution < -0.4 is 9.47 Å². The van der Waals surface area contributed by atoms with Crippen LogP contribution in [-0.4, -0.2) is 58.0 Å². The second-order valence-electron chi connectivity index (χ2n) is 11.2. The van der Waals surface area contributed by atoms with E-state index in [-0.39, 0.29) is 23.8 Å². The number of hydrogen-bond donors (Lipinski definition) is 1. The molecule has 9 nitrogen and oxygen atoms in total. The summed E-state index contributed by atoms with van der Waals surface area (Å²) in [5.41, 5.74) is 1.86. The maximum absolute atomic E-state index is 14.8. The van der Waals surface area contributed by atoms with Gasteiger partial charge in [-0.25, -0.2) is 22.6 Å². The Hall–Kier alpha value is -3.41. The lowest BCUT2D eigenvalue weighted by atomic mass is 9.88. The molecule has 0 amide bonds. The molecule has 42 heavy (non-hydrogen) atoms. The van der Waals surface area contributed by atoms with Crippen molar-refractivity contribution in [2.75, 3.05) is 18.8 Å². The molecule has 222 valence electrons. The number of rotatable bonds is 8. The van der Waals surface area contributed by atoms with Crippen LogP contribution in [0.15, 0.2) is 48.7 Å². The van der Waals surface area contributed by atoms with Gasteiger partial charge in [-0.2, -0.15) is 0 Å². The van der Waals surface area contributed by atoms with Gasteiger partial charge in [-0.05, 0) is 68.6 Å². The van der Waals surface area contributed by atoms with E-state index in [1.165, 1.54) is 12.1 Å². The number of para-hydroxylation sites is 1. The number of carboxylic acid groups (broad SMARTS) is 1. The zero-order valence-electron chi connectivity index (χ0n) is 23.0. The first-order valence-corrected chi connectivity index (χ1v) is 16.0. The number of carbonyl (C=O) groups is 1. The first-order chi connectivity index (χ1) is 20.0. The van der Waals surface area contributed by atoms with Gasteiger partial charge in [0.05, 0.1) is 35.0 Å². The van der Waals surface area contributed by atoms with Crippen molar-refractivity contribution >= 4 is 33.5 Å². The van der Waals surface area contributed by atoms with E-state index >= 15 is 0 Å². The van der Waals surface area contributed by atoms with Crippen molar-refractivity contribution < 1.29 is 32.2 Å². The fraction of sp³-hybridized carbons (Fsp3) is 0.400. The molecule has 3 aromatic rings. The van der Waals surface area contributed by atoms with Gasteiger partial charge < -0.3 is 19.1 Å². The Morgan fingerprint density at radius 3 is 2.67 bits per heavy atom. The predicted molar refractivity (Wildman–Crippen MR) is 155 cm³/mol. The van der Waals surface area contributed by atoms with Crippen LogP contribution in [0.1, 0.15) is 54.7 Å². The second-order valence-corrected chi connectivity index (χ2v) is 14.0. The number of hydrogen-bond acceptors (Lipinski definition) is 7. The molecular weight excluding hydrogens is 585 g/mol. The summed E-state index contributed by atoms with van der Waals surface area (Å²) in [4.78, 5) is 17.9. The van der Waals surface area contributed by atoms with Crippen LogP contribution in [-0.2, 0) is 33.5 Å². The van der Waals surface area contributed by atoms with E-state index in [1.54, 1.807) is 25.3 Å². The molecule has 0 saturated carbocycles. The summed E-state index contributed by atoms with van der Waals surface area (Å²) < 4.78 is 53.5. The molecule has 12 heteroatoms. The molecule has 3 aliphatic heterocycles. The van der Waals surface area contributed by atoms with E-state index < -0.39 is 32.7 Å². The molecule has 4 heterocycles. The Balaban J connectivity index is 1.15. The van der Waals surface area contributed by atoms with Crippen molar-refractivity contribution in [1.29, 1.82) is 0 Å². The van der Waals surface area contributed by atoms with Gasteiger partial charge in [0.2, 0.25) is 0 Å². The van der Waals surface area contributed by atoms with Crippen molar-refractivity contribution in [1.82, 2.24) is 14.5 Å². The Morgan fingerprint density at radius 1 is 1.21 bits per heavy atom. The summed E-state index contributed by atoms with van der Waals surface area (Å²) >= 11 is 5.95. The van der Waals surface area contributed by atoms with Crippen LogP contribution in [0.25, 0.3) is 6.08 Å². The maximum Gasteiger partial charge on any atom is 0.328 e. The zero-order valence-corrected chi connectivity index (χ0v) is 24.6. The Kier molecular flexibility index (Phi) is 7.53. The molecule has 2 fully saturated rings. The van der Waals surface area contributed by atoms with Gasteiger partial charge in [-0.15, -0.1) is 0 Å². The normalized spacial score (nSPS) is 23.7. The number of imidazole rings is 1. The molecule has 6 rings (SSSR count). The van der Waals surface area contributed by atoms with E-state index in [4.69, 9.17) is 26.2 Å². The number of sulfone groups is 1. The third kappa shape index (κ3) is 5.52. The van der Waals surface area contributed by atoms with Crippen molar-refractivity contribution in [3.05, 3.63) is 82.2 Å². The maximum atomic E-state index is 14.8. The van der Waals surface area contributed by atoms with E-state index in [1.807, 2.05) is 22.8 Å². The largest absolute Gasteiger partial charge is 0.478 e. The molecule has 0 unspecified atom stereocenters. The molecule has 3 aliphatic rings. The third-order valence-corrected chi connectivity index (χ3v) is 10.8. The van der Waals surface area contributed by atoms with E-state index in [2.05, 4.69) is 9.88 Å². The number of carboxylic acids is 1. The fourth-order valence-electron chi connectivity index (χ4n) is 5.98. The highest BCUT2D eigenvalue weighted by atomic mass is 35.5. The van der Waals surface area contributed by atoms with Crippen LogP contribution in [0, 0.1) is 5.82 Å². The topological polar surface area (TPSA) is 111 Å². The molecule has 2 saturated heterocycles. The van der Waals surface area contributed by atoms with Gasteiger partial charge in [0, 0.05) is 30.1 Å². The average molecular weight is 616 g/mol. The van der Waals surface area contributed by atoms with E-state index in [0.717, 1.165) is 37.6 Å². The lowest BCUT2D eigenvalue weighted by Crippen LogP contribution is -2.40. The van der Waals surface area contributed by atoms with Crippen molar-refractivity contribution in [3.8, 4) is 11.5 Å². The van der Waals surface area contributed by atoms with Gasteiger partial charge >= 0.3 is 5.97 Å². The highest BCUT2D eigenvalue weighted by Gasteiger charge is 2.43. The minimum atomic E-state index is -3.12. The molecule has 1 aromatic heterocycles. The number of benzene rings is 2. The minimum Gasteiger partial charge on any atom is -0.478 e. The van der Waals surface area contributed by atoms with E-state index in [0.29, 0.717) is 41.0 Å². The number of nitrogens with zero attached hydrogens (tertiary/aromatic N) is 3. The molecule has 0 radical (unpaired) electrons. The number of halogens is 2. The van der Waals surface area contributed by atoms with Gasteiger partial charge in [0.25, 0.3) is 5.79 Å². The summed E-state index contributed by atoms with van der Waals surface area (Å²) in [7, 11) is -3.12. The number of aliphatic carboxylic acids is 1. The summed E-state index contributed by atoms with van der Waals surface area (Å²) in [5.74, 6) is -0.607. The Bertz CT molecular complexity index is 1670. The first-order valence-electron chi connectivity index (χ1n) is 13.9. The summed E-state index contributed by atoms with van der Waals surface area (Å²) in [6, 6.07) is 10.2. The molecule has 2 atom stereocenters. The SMILES string of the molecule is C[C@]1(c2ccc(Cl)cc2F)Oc2cccc(C3CCN(Cc4ncc(/C=C/C(=O)O)n4C[C@@H]4CCS4(=O)=O)CC3)c2O1. The van der Waals surface area contributed by atoms with E-state index in [9.17, 15) is 17.6 Å². The average Bonchev–Trinajstić information content (AvgIpc) is 3.49. The second kappa shape index (κ2) is 11.0. The predicted octanol–water partition coefficient (Wildman–Crippen LogP) is 4.98. The van der Waals surface area contributed by atoms with Crippen LogP contribution >= 0.6 is 11.6 Å². The number of ether oxygens (including phenoxy) is 2. The van der Waals surface area contributed by atoms with Crippen molar-refractivity contribution in [2.45, 2.75) is 56.2 Å². The highest BCUT2D eigenvalue weighted by Crippen LogP contribution is 2.49. The van der Waals surface area contributed by atoms with Crippen LogP contribution in [0.3, 0.4) is 0 Å². The zero-order chi connectivity index (χ0) is 29.6. The van der Waals surface area contributed by atoms with Crippen LogP contribution in [0.4, 0.5) is 4.39 Å². The molecular formula is C30H31ClFN3O6S. The standard InChI is InChI=1S/C30H31ClFN3O6S/c1-30(24-7-5-20(31)15-25(24)32)40-26-4-2-3-23(29(26)41-30)19-9-12-34(13-10-19)18-27-33-16-21(6-8-28(36)37)35(27)17-22-11-14-42(22,38)39/h2-8,15-16,19,22H,9-14,17-18H2,1H3,(H,36,37)/b8-6+/t22-,30-/m0/s1.